The topological polar surface area (TPSA) is 80.7 Å². The maximum absolute atomic E-state index is 11.0. The molecule has 1 rings (SSSR count). The van der Waals surface area contributed by atoms with E-state index in [1.165, 1.54) is 7.11 Å². The summed E-state index contributed by atoms with van der Waals surface area (Å²) in [6, 6.07) is 0. The van der Waals surface area contributed by atoms with Gasteiger partial charge in [-0.3, -0.25) is 4.79 Å². The summed E-state index contributed by atoms with van der Waals surface area (Å²) in [7, 11) is -1.96. The van der Waals surface area contributed by atoms with E-state index in [0.29, 0.717) is 0 Å². The van der Waals surface area contributed by atoms with Gasteiger partial charge in [0.25, 0.3) is 0 Å². The molecule has 0 aromatic heterocycles. The molecule has 1 aliphatic heterocycles. The molecule has 1 N–H and O–H groups in total. The molecule has 1 aliphatic rings. The lowest BCUT2D eigenvalue weighted by atomic mass is 10.00. The molecule has 0 radical (unpaired) electrons. The summed E-state index contributed by atoms with van der Waals surface area (Å²) < 4.78 is 26.4. The Bertz CT molecular complexity index is 307. The number of sulfone groups is 1. The summed E-state index contributed by atoms with van der Waals surface area (Å²) in [5.41, 5.74) is -1.41. The zero-order valence-electron chi connectivity index (χ0n) is 7.32. The van der Waals surface area contributed by atoms with Crippen LogP contribution >= 0.6 is 0 Å². The van der Waals surface area contributed by atoms with E-state index >= 15 is 0 Å². The minimum atomic E-state index is -3.17. The molecule has 6 heteroatoms. The smallest absolute Gasteiger partial charge is 0.308 e. The van der Waals surface area contributed by atoms with E-state index in [2.05, 4.69) is 4.74 Å². The van der Waals surface area contributed by atoms with Crippen LogP contribution in [0.2, 0.25) is 0 Å². The fraction of sp³-hybridized carbons (Fsp3) is 0.857. The van der Waals surface area contributed by atoms with Crippen LogP contribution in [0.3, 0.4) is 0 Å². The van der Waals surface area contributed by atoms with Gasteiger partial charge in [0.05, 0.1) is 30.6 Å². The summed E-state index contributed by atoms with van der Waals surface area (Å²) in [4.78, 5) is 10.8. The first-order chi connectivity index (χ1) is 5.87. The molecule has 0 amide bonds. The lowest BCUT2D eigenvalue weighted by molar-refractivity contribution is -0.145. The van der Waals surface area contributed by atoms with Crippen molar-refractivity contribution in [3.8, 4) is 0 Å². The van der Waals surface area contributed by atoms with Gasteiger partial charge in [-0.05, 0) is 6.42 Å². The van der Waals surface area contributed by atoms with Gasteiger partial charge in [0.15, 0.2) is 9.84 Å². The van der Waals surface area contributed by atoms with Crippen molar-refractivity contribution >= 4 is 15.8 Å². The fourth-order valence-electron chi connectivity index (χ4n) is 1.38. The Hall–Kier alpha value is -0.620. The van der Waals surface area contributed by atoms with Crippen molar-refractivity contribution in [2.45, 2.75) is 18.4 Å². The highest BCUT2D eigenvalue weighted by Gasteiger charge is 2.42. The van der Waals surface area contributed by atoms with Gasteiger partial charge in [0.2, 0.25) is 0 Å². The molecule has 1 saturated heterocycles. The lowest BCUT2D eigenvalue weighted by Crippen LogP contribution is -2.33. The highest BCUT2D eigenvalue weighted by Crippen LogP contribution is 2.26. The van der Waals surface area contributed by atoms with Crippen LogP contribution in [0.1, 0.15) is 12.8 Å². The van der Waals surface area contributed by atoms with Gasteiger partial charge in [0, 0.05) is 0 Å². The quantitative estimate of drug-likeness (QED) is 0.595. The fourth-order valence-corrected chi connectivity index (χ4v) is 3.28. The Labute approximate surface area is 76.6 Å². The first-order valence-corrected chi connectivity index (χ1v) is 5.69. The summed E-state index contributed by atoms with van der Waals surface area (Å²) in [5.74, 6) is -0.977. The number of aliphatic hydroxyl groups is 1. The van der Waals surface area contributed by atoms with Crippen LogP contribution in [0.5, 0.6) is 0 Å². The maximum Gasteiger partial charge on any atom is 0.308 e. The summed E-state index contributed by atoms with van der Waals surface area (Å²) in [5, 5.41) is 9.65. The van der Waals surface area contributed by atoms with Gasteiger partial charge < -0.3 is 9.84 Å². The second kappa shape index (κ2) is 3.26. The molecular weight excluding hydrogens is 196 g/mol. The molecule has 0 saturated carbocycles. The molecule has 13 heavy (non-hydrogen) atoms. The second-order valence-electron chi connectivity index (χ2n) is 3.32. The van der Waals surface area contributed by atoms with Crippen molar-refractivity contribution in [2.75, 3.05) is 18.6 Å². The van der Waals surface area contributed by atoms with E-state index in [4.69, 9.17) is 0 Å². The van der Waals surface area contributed by atoms with Crippen molar-refractivity contribution < 1.29 is 23.1 Å². The Balaban J connectivity index is 2.65. The highest BCUT2D eigenvalue weighted by atomic mass is 32.2. The number of methoxy groups -OCH3 is 1. The Morgan fingerprint density at radius 3 is 2.62 bits per heavy atom. The molecule has 76 valence electrons. The molecule has 0 bridgehead atoms. The third kappa shape index (κ3) is 2.67. The lowest BCUT2D eigenvalue weighted by Gasteiger charge is -2.18. The molecule has 1 fully saturated rings. The van der Waals surface area contributed by atoms with Crippen molar-refractivity contribution in [3.05, 3.63) is 0 Å². The van der Waals surface area contributed by atoms with E-state index in [-0.39, 0.29) is 24.3 Å². The monoisotopic (exact) mass is 208 g/mol. The van der Waals surface area contributed by atoms with Gasteiger partial charge in [-0.15, -0.1) is 0 Å². The number of carbonyl (C=O) groups is 1. The van der Waals surface area contributed by atoms with Crippen LogP contribution in [-0.2, 0) is 19.4 Å². The number of hydrogen-bond acceptors (Lipinski definition) is 5. The Morgan fingerprint density at radius 2 is 2.23 bits per heavy atom. The average molecular weight is 208 g/mol. The number of carbonyl (C=O) groups excluding carboxylic acids is 1. The number of ether oxygens (including phenoxy) is 1. The van der Waals surface area contributed by atoms with E-state index in [0.717, 1.165) is 0 Å². The molecule has 0 aromatic rings. The normalized spacial score (nSPS) is 31.5. The Morgan fingerprint density at radius 1 is 1.62 bits per heavy atom. The van der Waals surface area contributed by atoms with Crippen LogP contribution in [0.4, 0.5) is 0 Å². The molecule has 0 spiro atoms. The van der Waals surface area contributed by atoms with E-state index in [1.807, 2.05) is 0 Å². The molecule has 0 aromatic carbocycles. The molecule has 5 nitrogen and oxygen atoms in total. The molecular formula is C7H12O5S. The largest absolute Gasteiger partial charge is 0.469 e. The van der Waals surface area contributed by atoms with Crippen molar-refractivity contribution in [3.63, 3.8) is 0 Å². The minimum absolute atomic E-state index is 0.0551. The number of hydrogen-bond donors (Lipinski definition) is 1. The van der Waals surface area contributed by atoms with Crippen LogP contribution in [0, 0.1) is 0 Å². The molecule has 1 unspecified atom stereocenters. The van der Waals surface area contributed by atoms with Crippen molar-refractivity contribution in [1.29, 1.82) is 0 Å². The number of esters is 1. The van der Waals surface area contributed by atoms with E-state index in [1.54, 1.807) is 0 Å². The summed E-state index contributed by atoms with van der Waals surface area (Å²) in [6.07, 6.45) is -0.132. The highest BCUT2D eigenvalue weighted by molar-refractivity contribution is 7.91. The van der Waals surface area contributed by atoms with Crippen LogP contribution < -0.4 is 0 Å². The van der Waals surface area contributed by atoms with Gasteiger partial charge >= 0.3 is 5.97 Å². The summed E-state index contributed by atoms with van der Waals surface area (Å²) in [6.45, 7) is 0. The minimum Gasteiger partial charge on any atom is -0.469 e. The second-order valence-corrected chi connectivity index (χ2v) is 5.50. The molecule has 0 aliphatic carbocycles. The third-order valence-corrected chi connectivity index (χ3v) is 3.87. The van der Waals surface area contributed by atoms with Crippen molar-refractivity contribution in [2.24, 2.45) is 0 Å². The third-order valence-electron chi connectivity index (χ3n) is 2.07. The van der Waals surface area contributed by atoms with Crippen LogP contribution in [-0.4, -0.2) is 43.7 Å². The standard InChI is InChI=1S/C7H12O5S/c1-12-6(8)4-7(9)2-3-13(10,11)5-7/h9H,2-5H2,1H3. The van der Waals surface area contributed by atoms with Crippen LogP contribution in [0.25, 0.3) is 0 Å². The number of rotatable bonds is 2. The van der Waals surface area contributed by atoms with Crippen LogP contribution in [0.15, 0.2) is 0 Å². The van der Waals surface area contributed by atoms with Gasteiger partial charge in [-0.25, -0.2) is 8.42 Å². The van der Waals surface area contributed by atoms with Gasteiger partial charge in [0.1, 0.15) is 0 Å². The Kier molecular flexibility index (Phi) is 2.63. The first kappa shape index (κ1) is 10.5. The zero-order chi connectivity index (χ0) is 10.1. The zero-order valence-corrected chi connectivity index (χ0v) is 8.13. The molecule has 1 atom stereocenters. The van der Waals surface area contributed by atoms with E-state index in [9.17, 15) is 18.3 Å². The van der Waals surface area contributed by atoms with Gasteiger partial charge in [-0.1, -0.05) is 0 Å². The van der Waals surface area contributed by atoms with Gasteiger partial charge in [-0.2, -0.15) is 0 Å². The first-order valence-electron chi connectivity index (χ1n) is 3.87. The van der Waals surface area contributed by atoms with Crippen molar-refractivity contribution in [1.82, 2.24) is 0 Å². The predicted octanol–water partition coefficient (Wildman–Crippen LogP) is -0.901. The molecule has 1 heterocycles. The summed E-state index contributed by atoms with van der Waals surface area (Å²) >= 11 is 0. The van der Waals surface area contributed by atoms with E-state index < -0.39 is 21.4 Å². The maximum atomic E-state index is 11.0. The SMILES string of the molecule is COC(=O)CC1(O)CCS(=O)(=O)C1. The average Bonchev–Trinajstić information content (AvgIpc) is 2.25. The predicted molar refractivity (Wildman–Crippen MR) is 44.9 cm³/mol.